The van der Waals surface area contributed by atoms with E-state index in [9.17, 15) is 0 Å². The minimum Gasteiger partial charge on any atom is -0.323 e. The van der Waals surface area contributed by atoms with Crippen LogP contribution in [0.15, 0.2) is 59.3 Å². The lowest BCUT2D eigenvalue weighted by Gasteiger charge is -2.23. The standard InChI is InChI=1S/C15H11BrN6/c16-12-5-1-3-10(7-12)14-8-13(11-4-2-6-17-9-11)18-15-19-20-21-22(14)15/h1-9,14H,(H,18,19,21). The van der Waals surface area contributed by atoms with E-state index in [4.69, 9.17) is 0 Å². The third-order valence-corrected chi connectivity index (χ3v) is 3.98. The predicted octanol–water partition coefficient (Wildman–Crippen LogP) is 2.89. The highest BCUT2D eigenvalue weighted by atomic mass is 79.9. The van der Waals surface area contributed by atoms with E-state index in [0.29, 0.717) is 5.95 Å². The minimum absolute atomic E-state index is 0.0704. The Labute approximate surface area is 135 Å². The fourth-order valence-corrected chi connectivity index (χ4v) is 2.89. The molecule has 22 heavy (non-hydrogen) atoms. The third kappa shape index (κ3) is 2.29. The molecular weight excluding hydrogens is 344 g/mol. The van der Waals surface area contributed by atoms with E-state index in [2.05, 4.69) is 60.0 Å². The summed E-state index contributed by atoms with van der Waals surface area (Å²) >= 11 is 3.51. The van der Waals surface area contributed by atoms with Crippen molar-refractivity contribution in [1.29, 1.82) is 0 Å². The van der Waals surface area contributed by atoms with Crippen molar-refractivity contribution in [1.82, 2.24) is 25.2 Å². The number of rotatable bonds is 2. The van der Waals surface area contributed by atoms with Crippen LogP contribution < -0.4 is 5.32 Å². The fraction of sp³-hybridized carbons (Fsp3) is 0.0667. The van der Waals surface area contributed by atoms with Crippen LogP contribution in [0.5, 0.6) is 0 Å². The molecule has 7 heteroatoms. The Morgan fingerprint density at radius 3 is 2.95 bits per heavy atom. The highest BCUT2D eigenvalue weighted by Crippen LogP contribution is 2.32. The quantitative estimate of drug-likeness (QED) is 0.766. The molecule has 0 saturated carbocycles. The Bertz CT molecular complexity index is 842. The number of hydrogen-bond donors (Lipinski definition) is 1. The lowest BCUT2D eigenvalue weighted by molar-refractivity contribution is 0.585. The number of anilines is 1. The molecule has 1 aromatic carbocycles. The summed E-state index contributed by atoms with van der Waals surface area (Å²) in [6, 6.07) is 12.0. The molecule has 4 rings (SSSR count). The summed E-state index contributed by atoms with van der Waals surface area (Å²) in [6.45, 7) is 0. The van der Waals surface area contributed by atoms with Gasteiger partial charge >= 0.3 is 0 Å². The van der Waals surface area contributed by atoms with Gasteiger partial charge in [0.1, 0.15) is 6.04 Å². The van der Waals surface area contributed by atoms with Crippen LogP contribution in [-0.4, -0.2) is 25.2 Å². The highest BCUT2D eigenvalue weighted by molar-refractivity contribution is 9.10. The maximum atomic E-state index is 4.17. The second-order valence-electron chi connectivity index (χ2n) is 4.89. The highest BCUT2D eigenvalue weighted by Gasteiger charge is 2.24. The molecule has 0 saturated heterocycles. The summed E-state index contributed by atoms with van der Waals surface area (Å²) in [5, 5.41) is 15.2. The van der Waals surface area contributed by atoms with Gasteiger partial charge in [-0.15, -0.1) is 0 Å². The van der Waals surface area contributed by atoms with E-state index in [1.54, 1.807) is 10.9 Å². The zero-order valence-corrected chi connectivity index (χ0v) is 13.0. The number of pyridine rings is 1. The average Bonchev–Trinajstić information content (AvgIpc) is 3.03. The van der Waals surface area contributed by atoms with Crippen LogP contribution in [0.3, 0.4) is 0 Å². The molecule has 0 bridgehead atoms. The molecule has 0 fully saturated rings. The first-order chi connectivity index (χ1) is 10.8. The number of hydrogen-bond acceptors (Lipinski definition) is 5. The number of tetrazole rings is 1. The Balaban J connectivity index is 1.83. The third-order valence-electron chi connectivity index (χ3n) is 3.49. The van der Waals surface area contributed by atoms with Crippen molar-refractivity contribution in [2.45, 2.75) is 6.04 Å². The molecule has 3 aromatic rings. The van der Waals surface area contributed by atoms with Crippen LogP contribution in [0.4, 0.5) is 5.95 Å². The maximum Gasteiger partial charge on any atom is 0.248 e. The van der Waals surface area contributed by atoms with Gasteiger partial charge in [-0.3, -0.25) is 4.98 Å². The number of fused-ring (bicyclic) bond motifs is 1. The van der Waals surface area contributed by atoms with Gasteiger partial charge in [-0.1, -0.05) is 33.2 Å². The van der Waals surface area contributed by atoms with E-state index >= 15 is 0 Å². The zero-order valence-electron chi connectivity index (χ0n) is 11.4. The fourth-order valence-electron chi connectivity index (χ4n) is 2.47. The van der Waals surface area contributed by atoms with Gasteiger partial charge in [-0.2, -0.15) is 4.68 Å². The first kappa shape index (κ1) is 13.1. The summed E-state index contributed by atoms with van der Waals surface area (Å²) in [5.41, 5.74) is 3.04. The first-order valence-corrected chi connectivity index (χ1v) is 7.53. The summed E-state index contributed by atoms with van der Waals surface area (Å²) in [5.74, 6) is 0.617. The van der Waals surface area contributed by atoms with E-state index < -0.39 is 0 Å². The molecule has 1 unspecified atom stereocenters. The van der Waals surface area contributed by atoms with Gasteiger partial charge in [0.2, 0.25) is 5.95 Å². The van der Waals surface area contributed by atoms with Crippen LogP contribution >= 0.6 is 15.9 Å². The van der Waals surface area contributed by atoms with Gasteiger partial charge in [0.15, 0.2) is 0 Å². The number of nitrogens with one attached hydrogen (secondary N) is 1. The van der Waals surface area contributed by atoms with Gasteiger partial charge in [0.05, 0.1) is 0 Å². The lowest BCUT2D eigenvalue weighted by Crippen LogP contribution is -2.20. The van der Waals surface area contributed by atoms with Crippen molar-refractivity contribution >= 4 is 27.6 Å². The van der Waals surface area contributed by atoms with Crippen LogP contribution in [-0.2, 0) is 0 Å². The monoisotopic (exact) mass is 354 g/mol. The van der Waals surface area contributed by atoms with Gasteiger partial charge in [-0.05, 0) is 46.3 Å². The smallest absolute Gasteiger partial charge is 0.248 e. The van der Waals surface area contributed by atoms with Crippen molar-refractivity contribution in [3.8, 4) is 0 Å². The molecule has 1 aliphatic heterocycles. The Kier molecular flexibility index (Phi) is 3.19. The Morgan fingerprint density at radius 1 is 1.18 bits per heavy atom. The van der Waals surface area contributed by atoms with Crippen molar-refractivity contribution in [2.75, 3.05) is 5.32 Å². The molecule has 6 nitrogen and oxygen atoms in total. The lowest BCUT2D eigenvalue weighted by atomic mass is 10.0. The van der Waals surface area contributed by atoms with Crippen molar-refractivity contribution in [2.24, 2.45) is 0 Å². The van der Waals surface area contributed by atoms with E-state index in [1.807, 2.05) is 30.5 Å². The zero-order chi connectivity index (χ0) is 14.9. The molecular formula is C15H11BrN6. The van der Waals surface area contributed by atoms with E-state index in [0.717, 1.165) is 21.3 Å². The van der Waals surface area contributed by atoms with Crippen LogP contribution in [0.1, 0.15) is 17.2 Å². The molecule has 1 atom stereocenters. The topological polar surface area (TPSA) is 68.5 Å². The molecule has 0 radical (unpaired) electrons. The maximum absolute atomic E-state index is 4.17. The Hall–Kier alpha value is -2.54. The molecule has 0 spiro atoms. The van der Waals surface area contributed by atoms with Gasteiger partial charge in [0, 0.05) is 28.1 Å². The second kappa shape index (κ2) is 5.34. The largest absolute Gasteiger partial charge is 0.323 e. The predicted molar refractivity (Wildman–Crippen MR) is 85.9 cm³/mol. The van der Waals surface area contributed by atoms with Crippen molar-refractivity contribution in [3.63, 3.8) is 0 Å². The summed E-state index contributed by atoms with van der Waals surface area (Å²) in [6.07, 6.45) is 5.67. The molecule has 0 aliphatic carbocycles. The van der Waals surface area contributed by atoms with Gasteiger partial charge in [0.25, 0.3) is 0 Å². The summed E-state index contributed by atoms with van der Waals surface area (Å²) in [7, 11) is 0. The molecule has 3 heterocycles. The van der Waals surface area contributed by atoms with Crippen LogP contribution in [0, 0.1) is 0 Å². The minimum atomic E-state index is -0.0704. The van der Waals surface area contributed by atoms with E-state index in [1.165, 1.54) is 0 Å². The van der Waals surface area contributed by atoms with Gasteiger partial charge in [-0.25, -0.2) is 0 Å². The first-order valence-electron chi connectivity index (χ1n) is 6.74. The number of halogens is 1. The van der Waals surface area contributed by atoms with Gasteiger partial charge < -0.3 is 5.32 Å². The van der Waals surface area contributed by atoms with E-state index in [-0.39, 0.29) is 6.04 Å². The SMILES string of the molecule is Brc1cccc(C2C=C(c3cccnc3)Nc3nnnn32)c1. The van der Waals surface area contributed by atoms with Crippen molar-refractivity contribution in [3.05, 3.63) is 70.5 Å². The molecule has 2 aromatic heterocycles. The second-order valence-corrected chi connectivity index (χ2v) is 5.81. The van der Waals surface area contributed by atoms with Crippen LogP contribution in [0.25, 0.3) is 5.70 Å². The normalized spacial score (nSPS) is 16.6. The molecule has 0 amide bonds. The molecule has 108 valence electrons. The Morgan fingerprint density at radius 2 is 2.14 bits per heavy atom. The van der Waals surface area contributed by atoms with Crippen molar-refractivity contribution < 1.29 is 0 Å². The summed E-state index contributed by atoms with van der Waals surface area (Å²) in [4.78, 5) is 4.17. The number of benzene rings is 1. The molecule has 1 N–H and O–H groups in total. The average molecular weight is 355 g/mol. The summed E-state index contributed by atoms with van der Waals surface area (Å²) < 4.78 is 2.79. The number of aromatic nitrogens is 5. The van der Waals surface area contributed by atoms with Crippen LogP contribution in [0.2, 0.25) is 0 Å². The number of nitrogens with zero attached hydrogens (tertiary/aromatic N) is 5. The number of allylic oxidation sites excluding steroid dienone is 1. The molecule has 1 aliphatic rings.